The molecule has 0 aliphatic carbocycles. The normalized spacial score (nSPS) is 20.0. The smallest absolute Gasteiger partial charge is 0.303 e. The van der Waals surface area contributed by atoms with Crippen molar-refractivity contribution in [2.45, 2.75) is 85.8 Å². The molecule has 2 aromatic rings. The molecule has 0 radical (unpaired) electrons. The summed E-state index contributed by atoms with van der Waals surface area (Å²) in [4.78, 5) is 12.4. The van der Waals surface area contributed by atoms with Crippen LogP contribution in [0.4, 0.5) is 11.4 Å². The van der Waals surface area contributed by atoms with Crippen molar-refractivity contribution in [3.63, 3.8) is 0 Å². The minimum atomic E-state index is -4.72. The summed E-state index contributed by atoms with van der Waals surface area (Å²) in [6.07, 6.45) is 6.77. The number of carbonyl (C=O) groups is 1. The van der Waals surface area contributed by atoms with E-state index in [-0.39, 0.29) is 56.9 Å². The molecule has 0 aromatic heterocycles. The van der Waals surface area contributed by atoms with Gasteiger partial charge < -0.3 is 24.2 Å². The maximum Gasteiger partial charge on any atom is 0.303 e. The van der Waals surface area contributed by atoms with Crippen LogP contribution in [0.1, 0.15) is 76.3 Å². The van der Waals surface area contributed by atoms with E-state index in [1.807, 2.05) is 11.8 Å². The van der Waals surface area contributed by atoms with Crippen LogP contribution in [0.3, 0.4) is 0 Å². The molecule has 5 N–H and O–H groups in total. The predicted molar refractivity (Wildman–Crippen MR) is 232 cm³/mol. The second-order valence-electron chi connectivity index (χ2n) is 15.8. The number of methoxy groups -OCH3 is 1. The SMILES string of the molecule is COCCOCCOCCC1(C)C(=CC=CC2=[N+](CCCS(=O)(=O)O)c3ccc(S(=O)(=O)O)cc3C2(C)CCCS(=O)(=O)O)N(CCCCCC(=O)O)c2ccc(S(=O)(=O)O)cc21. The van der Waals surface area contributed by atoms with Crippen LogP contribution >= 0.6 is 0 Å². The molecular weight excluding hydrogens is 909 g/mol. The highest BCUT2D eigenvalue weighted by atomic mass is 32.2. The molecule has 2 aliphatic heterocycles. The van der Waals surface area contributed by atoms with Gasteiger partial charge in [-0.25, -0.2) is 0 Å². The van der Waals surface area contributed by atoms with Crippen molar-refractivity contribution in [3.8, 4) is 0 Å². The Labute approximate surface area is 369 Å². The Morgan fingerprint density at radius 1 is 0.714 bits per heavy atom. The maximum absolute atomic E-state index is 12.4. The summed E-state index contributed by atoms with van der Waals surface area (Å²) in [5.74, 6) is -2.18. The number of nitrogens with zero attached hydrogens (tertiary/aromatic N) is 2. The first-order chi connectivity index (χ1) is 29.3. The first-order valence-corrected chi connectivity index (χ1v) is 26.2. The molecule has 63 heavy (non-hydrogen) atoms. The van der Waals surface area contributed by atoms with Gasteiger partial charge in [0.05, 0.1) is 53.1 Å². The Kier molecular flexibility index (Phi) is 17.8. The number of ether oxygens (including phenoxy) is 3. The van der Waals surface area contributed by atoms with Crippen molar-refractivity contribution >= 4 is 63.5 Å². The van der Waals surface area contributed by atoms with Gasteiger partial charge in [0.1, 0.15) is 6.54 Å². The zero-order chi connectivity index (χ0) is 46.9. The van der Waals surface area contributed by atoms with E-state index in [1.165, 1.54) is 30.3 Å². The number of benzene rings is 2. The second-order valence-corrected chi connectivity index (χ2v) is 21.8. The van der Waals surface area contributed by atoms with E-state index in [0.717, 1.165) is 0 Å². The van der Waals surface area contributed by atoms with Crippen molar-refractivity contribution in [1.82, 2.24) is 0 Å². The van der Waals surface area contributed by atoms with Crippen LogP contribution in [0.25, 0.3) is 0 Å². The Morgan fingerprint density at radius 3 is 1.90 bits per heavy atom. The van der Waals surface area contributed by atoms with Crippen molar-refractivity contribution in [1.29, 1.82) is 0 Å². The molecule has 2 unspecified atom stereocenters. The van der Waals surface area contributed by atoms with Crippen LogP contribution < -0.4 is 4.90 Å². The van der Waals surface area contributed by atoms with E-state index in [4.69, 9.17) is 14.2 Å². The van der Waals surface area contributed by atoms with Gasteiger partial charge in [0.15, 0.2) is 5.71 Å². The van der Waals surface area contributed by atoms with Crippen molar-refractivity contribution in [3.05, 3.63) is 71.5 Å². The lowest BCUT2D eigenvalue weighted by Crippen LogP contribution is -2.32. The minimum Gasteiger partial charge on any atom is -0.481 e. The molecule has 2 atom stereocenters. The van der Waals surface area contributed by atoms with Gasteiger partial charge in [0.2, 0.25) is 5.69 Å². The Bertz CT molecular complexity index is 2520. The molecule has 19 nitrogen and oxygen atoms in total. The molecular formula is C40H57N2O17S4+. The summed E-state index contributed by atoms with van der Waals surface area (Å²) < 4.78 is 154. The Morgan fingerprint density at radius 2 is 1.30 bits per heavy atom. The molecule has 0 bridgehead atoms. The number of anilines is 1. The lowest BCUT2D eigenvalue weighted by Gasteiger charge is -2.30. The molecule has 2 aliphatic rings. The Hall–Kier alpha value is -3.62. The van der Waals surface area contributed by atoms with Gasteiger partial charge in [-0.2, -0.15) is 38.2 Å². The second kappa shape index (κ2) is 21.6. The van der Waals surface area contributed by atoms with Crippen LogP contribution in [0.5, 0.6) is 0 Å². The number of hydrogen-bond donors (Lipinski definition) is 5. The van der Waals surface area contributed by atoms with Gasteiger partial charge in [-0.15, -0.1) is 0 Å². The third-order valence-corrected chi connectivity index (χ3v) is 14.5. The standard InChI is InChI=1S/C40H56N2O17S4/c1-39(17-8-26-60(45,46)47)32-28-30(62(51,52)53)13-15-34(32)42(20-9-27-61(48,49)50)36(39)10-7-11-37-40(2,18-21-58-24-25-59-23-22-57-3)33-29-31(63(54,55)56)14-16-35(33)41(37)19-6-4-5-12-38(43)44/h7,10-11,13-16,28-29H,4-6,8-9,12,17-27H2,1-3H3,(H4-,43,44,45,46,47,48,49,50,51,52,53,54,55,56)/p+1. The van der Waals surface area contributed by atoms with Gasteiger partial charge in [0.25, 0.3) is 40.5 Å². The van der Waals surface area contributed by atoms with Crippen LogP contribution in [-0.4, -0.2) is 138 Å². The topological polar surface area (TPSA) is 289 Å². The lowest BCUT2D eigenvalue weighted by atomic mass is 9.75. The van der Waals surface area contributed by atoms with Crippen LogP contribution in [0.2, 0.25) is 0 Å². The molecule has 0 saturated heterocycles. The van der Waals surface area contributed by atoms with Gasteiger partial charge in [-0.05, 0) is 87.9 Å². The predicted octanol–water partition coefficient (Wildman–Crippen LogP) is 4.41. The highest BCUT2D eigenvalue weighted by molar-refractivity contribution is 7.86. The number of fused-ring (bicyclic) bond motifs is 2. The van der Waals surface area contributed by atoms with Crippen LogP contribution in [-0.2, 0) is 70.3 Å². The largest absolute Gasteiger partial charge is 0.481 e. The van der Waals surface area contributed by atoms with Gasteiger partial charge in [-0.1, -0.05) is 12.5 Å². The van der Waals surface area contributed by atoms with Crippen molar-refractivity contribution in [2.24, 2.45) is 0 Å². The zero-order valence-corrected chi connectivity index (χ0v) is 38.6. The van der Waals surface area contributed by atoms with E-state index in [2.05, 4.69) is 0 Å². The fourth-order valence-electron chi connectivity index (χ4n) is 8.10. The number of unbranched alkanes of at least 4 members (excludes halogenated alkanes) is 2. The van der Waals surface area contributed by atoms with E-state index in [0.29, 0.717) is 79.4 Å². The average Bonchev–Trinajstić information content (AvgIpc) is 3.53. The van der Waals surface area contributed by atoms with Gasteiger partial charge in [0, 0.05) is 67.6 Å². The Balaban J connectivity index is 1.89. The summed E-state index contributed by atoms with van der Waals surface area (Å²) >= 11 is 0. The summed E-state index contributed by atoms with van der Waals surface area (Å²) in [6.45, 7) is 5.44. The van der Waals surface area contributed by atoms with Crippen molar-refractivity contribution < 1.29 is 80.6 Å². The highest BCUT2D eigenvalue weighted by Gasteiger charge is 2.48. The van der Waals surface area contributed by atoms with Crippen molar-refractivity contribution in [2.75, 3.05) is 69.6 Å². The summed E-state index contributed by atoms with van der Waals surface area (Å²) in [7, 11) is -16.6. The molecule has 352 valence electrons. The molecule has 0 amide bonds. The first-order valence-electron chi connectivity index (χ1n) is 20.1. The molecule has 2 heterocycles. The summed E-state index contributed by atoms with van der Waals surface area (Å²) in [5, 5.41) is 9.21. The minimum absolute atomic E-state index is 0.0152. The van der Waals surface area contributed by atoms with E-state index < -0.39 is 73.7 Å². The molecule has 2 aromatic carbocycles. The molecule has 0 saturated carbocycles. The molecule has 4 rings (SSSR count). The third-order valence-electron chi connectivity index (χ3n) is 11.2. The average molecular weight is 966 g/mol. The number of aliphatic carboxylic acids is 1. The number of hydrogen-bond acceptors (Lipinski definition) is 13. The number of rotatable bonds is 27. The zero-order valence-electron chi connectivity index (χ0n) is 35.4. The van der Waals surface area contributed by atoms with Gasteiger partial charge in [-0.3, -0.25) is 23.0 Å². The van der Waals surface area contributed by atoms with E-state index in [1.54, 1.807) is 42.9 Å². The van der Waals surface area contributed by atoms with E-state index >= 15 is 0 Å². The van der Waals surface area contributed by atoms with E-state index in [9.17, 15) is 61.8 Å². The van der Waals surface area contributed by atoms with Crippen LogP contribution in [0.15, 0.2) is 70.1 Å². The molecule has 23 heteroatoms. The number of carboxylic acid groups (broad SMARTS) is 1. The fraction of sp³-hybridized carbons (Fsp3) is 0.550. The first kappa shape index (κ1) is 52.0. The summed E-state index contributed by atoms with van der Waals surface area (Å²) in [5.41, 5.74) is 0.902. The fourth-order valence-corrected chi connectivity index (χ4v) is 10.1. The quantitative estimate of drug-likeness (QED) is 0.0471. The third kappa shape index (κ3) is 14.2. The maximum atomic E-state index is 12.4. The molecule has 0 spiro atoms. The molecule has 0 fully saturated rings. The number of allylic oxidation sites excluding steroid dienone is 4. The van der Waals surface area contributed by atoms with Gasteiger partial charge >= 0.3 is 5.97 Å². The highest BCUT2D eigenvalue weighted by Crippen LogP contribution is 2.51. The van der Waals surface area contributed by atoms with Crippen LogP contribution in [0, 0.1) is 0 Å². The summed E-state index contributed by atoms with van der Waals surface area (Å²) in [6, 6.07) is 8.12. The number of carboxylic acids is 1. The lowest BCUT2D eigenvalue weighted by molar-refractivity contribution is -0.437. The monoisotopic (exact) mass is 965 g/mol.